The van der Waals surface area contributed by atoms with Crippen molar-refractivity contribution >= 4 is 21.9 Å². The van der Waals surface area contributed by atoms with E-state index in [0.29, 0.717) is 0 Å². The zero-order valence-corrected chi connectivity index (χ0v) is 9.55. The van der Waals surface area contributed by atoms with Crippen LogP contribution in [0.4, 0.5) is 13.2 Å². The Labute approximate surface area is 97.3 Å². The average Bonchev–Trinajstić information content (AvgIpc) is 2.23. The second kappa shape index (κ2) is 5.20. The summed E-state index contributed by atoms with van der Waals surface area (Å²) in [7, 11) is 1.05. The van der Waals surface area contributed by atoms with Gasteiger partial charge in [0.25, 0.3) is 0 Å². The number of ether oxygens (including phenoxy) is 2. The van der Waals surface area contributed by atoms with Gasteiger partial charge in [-0.15, -0.1) is 0 Å². The molecule has 0 saturated heterocycles. The normalized spacial score (nSPS) is 10.4. The molecule has 0 bridgehead atoms. The molecule has 1 rings (SSSR count). The molecule has 0 amide bonds. The van der Waals surface area contributed by atoms with Crippen molar-refractivity contribution in [2.45, 2.75) is 6.61 Å². The molecule has 0 unspecified atom stereocenters. The number of hydrogen-bond donors (Lipinski definition) is 0. The van der Waals surface area contributed by atoms with E-state index in [4.69, 9.17) is 0 Å². The lowest BCUT2D eigenvalue weighted by molar-refractivity contribution is -0.0528. The van der Waals surface area contributed by atoms with Crippen molar-refractivity contribution in [1.82, 2.24) is 0 Å². The van der Waals surface area contributed by atoms with E-state index in [1.165, 1.54) is 6.07 Å². The highest BCUT2D eigenvalue weighted by Crippen LogP contribution is 2.30. The highest BCUT2D eigenvalue weighted by atomic mass is 79.9. The molecular formula is C9H6BrF3O3. The summed E-state index contributed by atoms with van der Waals surface area (Å²) in [4.78, 5) is 11.2. The van der Waals surface area contributed by atoms with Gasteiger partial charge in [-0.05, 0) is 28.1 Å². The smallest absolute Gasteiger partial charge is 0.387 e. The Bertz CT molecular complexity index is 409. The number of alkyl halides is 2. The van der Waals surface area contributed by atoms with Crippen molar-refractivity contribution < 1.29 is 27.4 Å². The van der Waals surface area contributed by atoms with E-state index in [1.807, 2.05) is 0 Å². The monoisotopic (exact) mass is 298 g/mol. The summed E-state index contributed by atoms with van der Waals surface area (Å²) in [6, 6.07) is 2.32. The maximum absolute atomic E-state index is 13.4. The molecule has 0 aliphatic rings. The van der Waals surface area contributed by atoms with E-state index in [-0.39, 0.29) is 4.47 Å². The molecular weight excluding hydrogens is 293 g/mol. The van der Waals surface area contributed by atoms with Crippen molar-refractivity contribution in [2.75, 3.05) is 7.11 Å². The maximum atomic E-state index is 13.4. The van der Waals surface area contributed by atoms with E-state index in [1.54, 1.807) is 0 Å². The molecule has 0 N–H and O–H groups in total. The Morgan fingerprint density at radius 1 is 1.44 bits per heavy atom. The van der Waals surface area contributed by atoms with Gasteiger partial charge in [-0.25, -0.2) is 9.18 Å². The number of carbonyl (C=O) groups is 1. The number of rotatable bonds is 3. The Morgan fingerprint density at radius 3 is 2.56 bits per heavy atom. The van der Waals surface area contributed by atoms with Crippen LogP contribution in [-0.4, -0.2) is 19.7 Å². The van der Waals surface area contributed by atoms with Crippen LogP contribution in [0.15, 0.2) is 16.6 Å². The Hall–Kier alpha value is -1.24. The van der Waals surface area contributed by atoms with Gasteiger partial charge in [0.05, 0.1) is 11.6 Å². The molecule has 1 aromatic carbocycles. The second-order valence-corrected chi connectivity index (χ2v) is 3.46. The van der Waals surface area contributed by atoms with Gasteiger partial charge in [-0.1, -0.05) is 0 Å². The number of carbonyl (C=O) groups excluding carboxylic acids is 1. The largest absolute Gasteiger partial charge is 0.465 e. The molecule has 0 fully saturated rings. The number of esters is 1. The molecule has 0 aliphatic heterocycles. The standard InChI is InChI=1S/C9H6BrF3O3/c1-15-8(14)4-2-3-5(10)6(11)7(4)16-9(12)13/h2-3,9H,1H3. The van der Waals surface area contributed by atoms with E-state index in [0.717, 1.165) is 13.2 Å². The topological polar surface area (TPSA) is 35.5 Å². The number of methoxy groups -OCH3 is 1. The Kier molecular flexibility index (Phi) is 4.17. The van der Waals surface area contributed by atoms with Crippen LogP contribution in [0.25, 0.3) is 0 Å². The number of benzene rings is 1. The first-order chi connectivity index (χ1) is 7.47. The summed E-state index contributed by atoms with van der Waals surface area (Å²) in [6.07, 6.45) is 0. The molecule has 0 aromatic heterocycles. The second-order valence-electron chi connectivity index (χ2n) is 2.61. The van der Waals surface area contributed by atoms with E-state index in [2.05, 4.69) is 25.4 Å². The summed E-state index contributed by atoms with van der Waals surface area (Å²) >= 11 is 2.79. The number of halogens is 4. The molecule has 0 saturated carbocycles. The highest BCUT2D eigenvalue weighted by molar-refractivity contribution is 9.10. The summed E-state index contributed by atoms with van der Waals surface area (Å²) in [6.45, 7) is -3.23. The van der Waals surface area contributed by atoms with Gasteiger partial charge < -0.3 is 9.47 Å². The van der Waals surface area contributed by atoms with Crippen LogP contribution >= 0.6 is 15.9 Å². The SMILES string of the molecule is COC(=O)c1ccc(Br)c(F)c1OC(F)F. The van der Waals surface area contributed by atoms with Gasteiger partial charge in [0, 0.05) is 0 Å². The zero-order valence-electron chi connectivity index (χ0n) is 7.97. The lowest BCUT2D eigenvalue weighted by Crippen LogP contribution is -2.11. The van der Waals surface area contributed by atoms with Gasteiger partial charge >= 0.3 is 12.6 Å². The maximum Gasteiger partial charge on any atom is 0.387 e. The quantitative estimate of drug-likeness (QED) is 0.805. The first-order valence-electron chi connectivity index (χ1n) is 3.98. The van der Waals surface area contributed by atoms with Crippen LogP contribution < -0.4 is 4.74 Å². The van der Waals surface area contributed by atoms with Crippen molar-refractivity contribution in [3.05, 3.63) is 28.0 Å². The minimum Gasteiger partial charge on any atom is -0.465 e. The molecule has 0 aliphatic carbocycles. The number of hydrogen-bond acceptors (Lipinski definition) is 3. The summed E-state index contributed by atoms with van der Waals surface area (Å²) in [5.74, 6) is -2.87. The van der Waals surface area contributed by atoms with Gasteiger partial charge in [0.2, 0.25) is 0 Å². The molecule has 7 heteroatoms. The van der Waals surface area contributed by atoms with Crippen molar-refractivity contribution in [3.63, 3.8) is 0 Å². The van der Waals surface area contributed by atoms with Gasteiger partial charge in [0.1, 0.15) is 5.56 Å². The van der Waals surface area contributed by atoms with E-state index < -0.39 is 29.7 Å². The van der Waals surface area contributed by atoms with Gasteiger partial charge in [-0.2, -0.15) is 8.78 Å². The Morgan fingerprint density at radius 2 is 2.06 bits per heavy atom. The molecule has 0 heterocycles. The fraction of sp³-hybridized carbons (Fsp3) is 0.222. The van der Waals surface area contributed by atoms with E-state index >= 15 is 0 Å². The fourth-order valence-corrected chi connectivity index (χ4v) is 1.32. The van der Waals surface area contributed by atoms with Gasteiger partial charge in [0.15, 0.2) is 11.6 Å². The highest BCUT2D eigenvalue weighted by Gasteiger charge is 2.22. The first-order valence-corrected chi connectivity index (χ1v) is 4.77. The van der Waals surface area contributed by atoms with Crippen molar-refractivity contribution in [1.29, 1.82) is 0 Å². The van der Waals surface area contributed by atoms with Gasteiger partial charge in [-0.3, -0.25) is 0 Å². The predicted molar refractivity (Wildman–Crippen MR) is 52.1 cm³/mol. The minimum atomic E-state index is -3.23. The molecule has 1 aromatic rings. The first kappa shape index (κ1) is 12.8. The Balaban J connectivity index is 3.27. The van der Waals surface area contributed by atoms with Crippen LogP contribution in [0.5, 0.6) is 5.75 Å². The summed E-state index contributed by atoms with van der Waals surface area (Å²) < 4.78 is 45.6. The average molecular weight is 299 g/mol. The van der Waals surface area contributed by atoms with Crippen molar-refractivity contribution in [3.8, 4) is 5.75 Å². The van der Waals surface area contributed by atoms with Crippen LogP contribution in [0.3, 0.4) is 0 Å². The lowest BCUT2D eigenvalue weighted by Gasteiger charge is -2.10. The molecule has 0 radical (unpaired) electrons. The third kappa shape index (κ3) is 2.66. The van der Waals surface area contributed by atoms with Crippen LogP contribution in [0.2, 0.25) is 0 Å². The molecule has 16 heavy (non-hydrogen) atoms. The van der Waals surface area contributed by atoms with Crippen LogP contribution in [-0.2, 0) is 4.74 Å². The molecule has 3 nitrogen and oxygen atoms in total. The minimum absolute atomic E-state index is 0.0872. The van der Waals surface area contributed by atoms with Crippen LogP contribution in [0, 0.1) is 5.82 Å². The van der Waals surface area contributed by atoms with E-state index in [9.17, 15) is 18.0 Å². The predicted octanol–water partition coefficient (Wildman–Crippen LogP) is 2.98. The zero-order chi connectivity index (χ0) is 12.3. The molecule has 88 valence electrons. The third-order valence-electron chi connectivity index (χ3n) is 1.66. The molecule has 0 spiro atoms. The summed E-state index contributed by atoms with van der Waals surface area (Å²) in [5, 5.41) is 0. The summed E-state index contributed by atoms with van der Waals surface area (Å²) in [5.41, 5.74) is -0.400. The van der Waals surface area contributed by atoms with Crippen LogP contribution in [0.1, 0.15) is 10.4 Å². The lowest BCUT2D eigenvalue weighted by atomic mass is 10.2. The third-order valence-corrected chi connectivity index (χ3v) is 2.27. The molecule has 0 atom stereocenters. The van der Waals surface area contributed by atoms with Crippen molar-refractivity contribution in [2.24, 2.45) is 0 Å². The fourth-order valence-electron chi connectivity index (χ4n) is 1.01.